The first kappa shape index (κ1) is 12.6. The summed E-state index contributed by atoms with van der Waals surface area (Å²) >= 11 is 0. The van der Waals surface area contributed by atoms with Gasteiger partial charge in [-0.25, -0.2) is 9.67 Å². The molecule has 0 fully saturated rings. The van der Waals surface area contributed by atoms with Crippen LogP contribution >= 0.6 is 0 Å². The number of nitrogen functional groups attached to an aromatic ring is 1. The number of anilines is 1. The molecule has 4 N–H and O–H groups in total. The van der Waals surface area contributed by atoms with Crippen molar-refractivity contribution in [3.05, 3.63) is 12.0 Å². The van der Waals surface area contributed by atoms with Crippen molar-refractivity contribution >= 4 is 22.6 Å². The maximum atomic E-state index is 5.95. The smallest absolute Gasteiger partial charge is 0.297 e. The van der Waals surface area contributed by atoms with Gasteiger partial charge in [-0.2, -0.15) is 19.6 Å². The molecule has 0 aromatic carbocycles. The molecule has 0 saturated carbocycles. The lowest BCUT2D eigenvalue weighted by atomic mass is 10.4. The van der Waals surface area contributed by atoms with Crippen LogP contribution in [-0.2, 0) is 6.54 Å². The Balaban J connectivity index is 1.98. The first-order valence-electron chi connectivity index (χ1n) is 6.56. The van der Waals surface area contributed by atoms with E-state index in [1.54, 1.807) is 17.8 Å². The van der Waals surface area contributed by atoms with E-state index in [9.17, 15) is 0 Å². The van der Waals surface area contributed by atoms with E-state index in [0.29, 0.717) is 30.2 Å². The lowest BCUT2D eigenvalue weighted by Crippen LogP contribution is -2.12. The molecule has 0 unspecified atom stereocenters. The molecule has 0 radical (unpaired) electrons. The van der Waals surface area contributed by atoms with E-state index in [4.69, 9.17) is 16.0 Å². The summed E-state index contributed by atoms with van der Waals surface area (Å²) in [5.41, 5.74) is 12.6. The molecule has 4 heterocycles. The van der Waals surface area contributed by atoms with Gasteiger partial charge >= 0.3 is 0 Å². The van der Waals surface area contributed by atoms with Crippen LogP contribution in [0.15, 0.2) is 10.7 Å². The second kappa shape index (κ2) is 4.46. The highest BCUT2D eigenvalue weighted by molar-refractivity contribution is 5.90. The highest BCUT2D eigenvalue weighted by Crippen LogP contribution is 2.22. The van der Waals surface area contributed by atoms with Crippen LogP contribution in [0.25, 0.3) is 28.4 Å². The standard InChI is InChI=1S/C11H12N10O/c1-5-15-10(22-19-5)7-16-9-6-4-14-20(3-2-12)8(6)17-11(13)21(9)18-7/h4H,2-3,12H2,1H3,(H2,13,17). The number of nitrogens with zero attached hydrogens (tertiary/aromatic N) is 8. The Morgan fingerprint density at radius 2 is 2.09 bits per heavy atom. The van der Waals surface area contributed by atoms with Crippen LogP contribution in [0.5, 0.6) is 0 Å². The van der Waals surface area contributed by atoms with Crippen molar-refractivity contribution in [3.8, 4) is 11.7 Å². The SMILES string of the molecule is Cc1noc(-c2nc3c4cnn(CCN)c4nc(N)n3n2)n1. The van der Waals surface area contributed by atoms with Crippen LogP contribution in [0.1, 0.15) is 5.82 Å². The van der Waals surface area contributed by atoms with Gasteiger partial charge in [-0.15, -0.1) is 5.10 Å². The normalized spacial score (nSPS) is 11.7. The van der Waals surface area contributed by atoms with Crippen molar-refractivity contribution in [2.45, 2.75) is 13.5 Å². The van der Waals surface area contributed by atoms with Crippen molar-refractivity contribution in [2.75, 3.05) is 12.3 Å². The van der Waals surface area contributed by atoms with Crippen LogP contribution in [-0.4, -0.2) is 46.0 Å². The summed E-state index contributed by atoms with van der Waals surface area (Å²) in [6, 6.07) is 0. The van der Waals surface area contributed by atoms with E-state index in [1.807, 2.05) is 0 Å². The van der Waals surface area contributed by atoms with Crippen molar-refractivity contribution < 1.29 is 4.52 Å². The maximum absolute atomic E-state index is 5.95. The predicted molar refractivity (Wildman–Crippen MR) is 75.6 cm³/mol. The second-order valence-electron chi connectivity index (χ2n) is 4.68. The molecule has 4 rings (SSSR count). The van der Waals surface area contributed by atoms with E-state index in [2.05, 4.69) is 30.3 Å². The van der Waals surface area contributed by atoms with E-state index in [0.717, 1.165) is 5.39 Å². The number of aromatic nitrogens is 8. The van der Waals surface area contributed by atoms with Crippen molar-refractivity contribution in [1.82, 2.24) is 39.5 Å². The summed E-state index contributed by atoms with van der Waals surface area (Å²) in [5, 5.41) is 13.0. The van der Waals surface area contributed by atoms with Gasteiger partial charge in [-0.1, -0.05) is 5.16 Å². The summed E-state index contributed by atoms with van der Waals surface area (Å²) in [7, 11) is 0. The second-order valence-corrected chi connectivity index (χ2v) is 4.68. The third-order valence-corrected chi connectivity index (χ3v) is 3.16. The lowest BCUT2D eigenvalue weighted by molar-refractivity contribution is 0.423. The van der Waals surface area contributed by atoms with Gasteiger partial charge in [0.2, 0.25) is 11.8 Å². The van der Waals surface area contributed by atoms with Gasteiger partial charge in [0.05, 0.1) is 18.1 Å². The summed E-state index contributed by atoms with van der Waals surface area (Å²) in [6.45, 7) is 2.70. The molecule has 4 aromatic heterocycles. The molecular formula is C11H12N10O. The first-order chi connectivity index (χ1) is 10.7. The fraction of sp³-hybridized carbons (Fsp3) is 0.273. The zero-order chi connectivity index (χ0) is 15.3. The van der Waals surface area contributed by atoms with Crippen LogP contribution in [0.2, 0.25) is 0 Å². The molecule has 4 aromatic rings. The highest BCUT2D eigenvalue weighted by Gasteiger charge is 2.18. The first-order valence-corrected chi connectivity index (χ1v) is 6.56. The molecule has 0 atom stereocenters. The van der Waals surface area contributed by atoms with Crippen molar-refractivity contribution in [1.29, 1.82) is 0 Å². The number of fused-ring (bicyclic) bond motifs is 3. The van der Waals surface area contributed by atoms with Crippen molar-refractivity contribution in [2.24, 2.45) is 5.73 Å². The average molecular weight is 300 g/mol. The van der Waals surface area contributed by atoms with Gasteiger partial charge in [0.1, 0.15) is 0 Å². The Bertz CT molecular complexity index is 980. The summed E-state index contributed by atoms with van der Waals surface area (Å²) in [5.74, 6) is 1.20. The van der Waals surface area contributed by atoms with Crippen LogP contribution < -0.4 is 11.5 Å². The third kappa shape index (κ3) is 1.72. The molecule has 0 aliphatic carbocycles. The lowest BCUT2D eigenvalue weighted by Gasteiger charge is -2.01. The summed E-state index contributed by atoms with van der Waals surface area (Å²) in [4.78, 5) is 12.8. The zero-order valence-electron chi connectivity index (χ0n) is 11.6. The molecule has 112 valence electrons. The fourth-order valence-electron chi connectivity index (χ4n) is 2.22. The Hall–Kier alpha value is -3.08. The van der Waals surface area contributed by atoms with Gasteiger partial charge in [0.15, 0.2) is 17.1 Å². The molecule has 22 heavy (non-hydrogen) atoms. The zero-order valence-corrected chi connectivity index (χ0v) is 11.6. The van der Waals surface area contributed by atoms with Crippen LogP contribution in [0.4, 0.5) is 5.95 Å². The maximum Gasteiger partial charge on any atom is 0.297 e. The minimum absolute atomic E-state index is 0.191. The molecule has 0 bridgehead atoms. The van der Waals surface area contributed by atoms with E-state index >= 15 is 0 Å². The minimum atomic E-state index is 0.191. The molecule has 11 nitrogen and oxygen atoms in total. The summed E-state index contributed by atoms with van der Waals surface area (Å²) < 4.78 is 8.18. The highest BCUT2D eigenvalue weighted by atomic mass is 16.5. The quantitative estimate of drug-likeness (QED) is 0.503. The molecular weight excluding hydrogens is 288 g/mol. The van der Waals surface area contributed by atoms with Gasteiger partial charge in [0.25, 0.3) is 5.89 Å². The van der Waals surface area contributed by atoms with Crippen LogP contribution in [0, 0.1) is 6.92 Å². The van der Waals surface area contributed by atoms with E-state index < -0.39 is 0 Å². The van der Waals surface area contributed by atoms with E-state index in [1.165, 1.54) is 4.52 Å². The number of rotatable bonds is 3. The average Bonchev–Trinajstić information content (AvgIpc) is 3.18. The van der Waals surface area contributed by atoms with Gasteiger partial charge < -0.3 is 16.0 Å². The molecule has 0 aliphatic rings. The third-order valence-electron chi connectivity index (χ3n) is 3.16. The number of aryl methyl sites for hydroxylation is 1. The van der Waals surface area contributed by atoms with Crippen molar-refractivity contribution in [3.63, 3.8) is 0 Å². The number of hydrogen-bond acceptors (Lipinski definition) is 9. The fourth-order valence-corrected chi connectivity index (χ4v) is 2.22. The van der Waals surface area contributed by atoms with Crippen LogP contribution in [0.3, 0.4) is 0 Å². The topological polar surface area (TPSA) is 152 Å². The monoisotopic (exact) mass is 300 g/mol. The molecule has 0 amide bonds. The Morgan fingerprint density at radius 3 is 2.82 bits per heavy atom. The Kier molecular flexibility index (Phi) is 2.56. The molecule has 11 heteroatoms. The number of nitrogens with two attached hydrogens (primary N) is 2. The Morgan fingerprint density at radius 1 is 1.23 bits per heavy atom. The Labute approximate surface area is 122 Å². The molecule has 0 aliphatic heterocycles. The largest absolute Gasteiger partial charge is 0.368 e. The van der Waals surface area contributed by atoms with Gasteiger partial charge in [0, 0.05) is 6.54 Å². The minimum Gasteiger partial charge on any atom is -0.368 e. The predicted octanol–water partition coefficient (Wildman–Crippen LogP) is -0.627. The van der Waals surface area contributed by atoms with Gasteiger partial charge in [-0.05, 0) is 6.92 Å². The number of hydrogen-bond donors (Lipinski definition) is 2. The summed E-state index contributed by atoms with van der Waals surface area (Å²) in [6.07, 6.45) is 1.66. The molecule has 0 spiro atoms. The van der Waals surface area contributed by atoms with Gasteiger partial charge in [-0.3, -0.25) is 0 Å². The van der Waals surface area contributed by atoms with E-state index in [-0.39, 0.29) is 17.7 Å². The molecule has 0 saturated heterocycles.